The molecule has 6 nitrogen and oxygen atoms in total. The lowest BCUT2D eigenvalue weighted by molar-refractivity contribution is -0.120. The van der Waals surface area contributed by atoms with Gasteiger partial charge in [0.15, 0.2) is 0 Å². The Hall–Kier alpha value is -3.51. The SMILES string of the molecule is CNC(=O)CCCCCc1cc(C(O)(c2ccc(OC)cc2)c2ccc(OC)cc2)ccc1OC. The Morgan fingerprint density at radius 3 is 1.80 bits per heavy atom. The number of hydrogen-bond donors (Lipinski definition) is 2. The van der Waals surface area contributed by atoms with E-state index in [1.165, 1.54) is 0 Å². The molecule has 6 heteroatoms. The molecule has 0 unspecified atom stereocenters. The van der Waals surface area contributed by atoms with Crippen LogP contribution in [-0.2, 0) is 16.8 Å². The van der Waals surface area contributed by atoms with Crippen molar-refractivity contribution in [2.24, 2.45) is 0 Å². The zero-order chi connectivity index (χ0) is 25.3. The first-order chi connectivity index (χ1) is 17.0. The zero-order valence-corrected chi connectivity index (χ0v) is 21.0. The molecule has 3 aromatic rings. The lowest BCUT2D eigenvalue weighted by atomic mass is 9.79. The molecule has 0 aliphatic carbocycles. The Balaban J connectivity index is 1.97. The maximum Gasteiger partial charge on any atom is 0.219 e. The number of methoxy groups -OCH3 is 3. The normalized spacial score (nSPS) is 11.1. The Kier molecular flexibility index (Phi) is 9.15. The predicted molar refractivity (Wildman–Crippen MR) is 137 cm³/mol. The molecule has 0 heterocycles. The van der Waals surface area contributed by atoms with Crippen LogP contribution >= 0.6 is 0 Å². The minimum atomic E-state index is -1.39. The summed E-state index contributed by atoms with van der Waals surface area (Å²) in [5.41, 5.74) is 1.83. The van der Waals surface area contributed by atoms with Gasteiger partial charge in [0, 0.05) is 13.5 Å². The van der Waals surface area contributed by atoms with Crippen molar-refractivity contribution in [3.63, 3.8) is 0 Å². The van der Waals surface area contributed by atoms with Crippen molar-refractivity contribution in [1.29, 1.82) is 0 Å². The lowest BCUT2D eigenvalue weighted by Gasteiger charge is -2.31. The Bertz CT molecular complexity index is 1050. The highest BCUT2D eigenvalue weighted by molar-refractivity contribution is 5.75. The van der Waals surface area contributed by atoms with Gasteiger partial charge in [0.1, 0.15) is 22.8 Å². The van der Waals surface area contributed by atoms with E-state index in [2.05, 4.69) is 5.32 Å². The average Bonchev–Trinajstić information content (AvgIpc) is 2.92. The summed E-state index contributed by atoms with van der Waals surface area (Å²) in [5, 5.41) is 14.9. The van der Waals surface area contributed by atoms with E-state index >= 15 is 0 Å². The third kappa shape index (κ3) is 6.14. The molecule has 0 aliphatic rings. The minimum Gasteiger partial charge on any atom is -0.497 e. The number of hydrogen-bond acceptors (Lipinski definition) is 5. The van der Waals surface area contributed by atoms with E-state index in [1.807, 2.05) is 66.7 Å². The minimum absolute atomic E-state index is 0.0635. The van der Waals surface area contributed by atoms with Gasteiger partial charge in [-0.2, -0.15) is 0 Å². The molecule has 0 aromatic heterocycles. The van der Waals surface area contributed by atoms with Gasteiger partial charge >= 0.3 is 0 Å². The third-order valence-corrected chi connectivity index (χ3v) is 6.34. The number of aliphatic hydroxyl groups is 1. The molecule has 35 heavy (non-hydrogen) atoms. The maximum atomic E-state index is 12.3. The molecule has 0 saturated heterocycles. The summed E-state index contributed by atoms with van der Waals surface area (Å²) in [6.45, 7) is 0. The smallest absolute Gasteiger partial charge is 0.219 e. The van der Waals surface area contributed by atoms with E-state index in [0.717, 1.165) is 65.2 Å². The first kappa shape index (κ1) is 26.1. The zero-order valence-electron chi connectivity index (χ0n) is 21.0. The Morgan fingerprint density at radius 1 is 0.771 bits per heavy atom. The summed E-state index contributed by atoms with van der Waals surface area (Å²) >= 11 is 0. The van der Waals surface area contributed by atoms with Crippen LogP contribution in [0.15, 0.2) is 66.7 Å². The third-order valence-electron chi connectivity index (χ3n) is 6.34. The summed E-state index contributed by atoms with van der Waals surface area (Å²) in [5.74, 6) is 2.29. The fourth-order valence-electron chi connectivity index (χ4n) is 4.27. The van der Waals surface area contributed by atoms with Crippen molar-refractivity contribution in [3.05, 3.63) is 89.0 Å². The molecular formula is C29H35NO5. The van der Waals surface area contributed by atoms with Crippen molar-refractivity contribution >= 4 is 5.91 Å². The molecule has 0 saturated carbocycles. The number of carbonyl (C=O) groups is 1. The number of carbonyl (C=O) groups excluding carboxylic acids is 1. The van der Waals surface area contributed by atoms with Gasteiger partial charge in [0.25, 0.3) is 0 Å². The topological polar surface area (TPSA) is 77.0 Å². The molecule has 0 atom stereocenters. The average molecular weight is 478 g/mol. The van der Waals surface area contributed by atoms with E-state index < -0.39 is 5.60 Å². The van der Waals surface area contributed by atoms with Crippen molar-refractivity contribution in [3.8, 4) is 17.2 Å². The van der Waals surface area contributed by atoms with Gasteiger partial charge in [-0.3, -0.25) is 4.79 Å². The monoisotopic (exact) mass is 477 g/mol. The van der Waals surface area contributed by atoms with E-state index in [4.69, 9.17) is 14.2 Å². The molecular weight excluding hydrogens is 442 g/mol. The number of unbranched alkanes of at least 4 members (excludes halogenated alkanes) is 2. The summed E-state index contributed by atoms with van der Waals surface area (Å²) in [4.78, 5) is 11.5. The van der Waals surface area contributed by atoms with Crippen LogP contribution in [0.1, 0.15) is 47.9 Å². The van der Waals surface area contributed by atoms with Crippen molar-refractivity contribution in [2.45, 2.75) is 37.7 Å². The van der Waals surface area contributed by atoms with Crippen molar-refractivity contribution < 1.29 is 24.1 Å². The van der Waals surface area contributed by atoms with E-state index in [1.54, 1.807) is 28.4 Å². The van der Waals surface area contributed by atoms with Crippen LogP contribution in [0, 0.1) is 0 Å². The number of ether oxygens (including phenoxy) is 3. The number of nitrogens with one attached hydrogen (secondary N) is 1. The Morgan fingerprint density at radius 2 is 1.31 bits per heavy atom. The number of benzene rings is 3. The van der Waals surface area contributed by atoms with Gasteiger partial charge < -0.3 is 24.6 Å². The second kappa shape index (κ2) is 12.3. The Labute approximate surface area is 207 Å². The van der Waals surface area contributed by atoms with E-state index in [0.29, 0.717) is 6.42 Å². The van der Waals surface area contributed by atoms with Gasteiger partial charge in [-0.1, -0.05) is 36.8 Å². The number of amides is 1. The van der Waals surface area contributed by atoms with Crippen LogP contribution in [0.4, 0.5) is 0 Å². The summed E-state index contributed by atoms with van der Waals surface area (Å²) < 4.78 is 16.3. The summed E-state index contributed by atoms with van der Waals surface area (Å²) in [7, 11) is 6.55. The van der Waals surface area contributed by atoms with Gasteiger partial charge in [-0.25, -0.2) is 0 Å². The standard InChI is InChI=1S/C29H35NO5/c1-30-28(31)9-7-5-6-8-21-20-24(14-19-27(21)35-4)29(32,22-10-15-25(33-2)16-11-22)23-12-17-26(34-3)18-13-23/h10-20,32H,5-9H2,1-4H3,(H,30,31). The van der Waals surface area contributed by atoms with Crippen LogP contribution in [0.3, 0.4) is 0 Å². The highest BCUT2D eigenvalue weighted by atomic mass is 16.5. The number of rotatable bonds is 12. The van der Waals surface area contributed by atoms with E-state index in [-0.39, 0.29) is 5.91 Å². The van der Waals surface area contributed by atoms with Crippen LogP contribution < -0.4 is 19.5 Å². The quantitative estimate of drug-likeness (QED) is 0.288. The molecule has 3 aromatic carbocycles. The lowest BCUT2D eigenvalue weighted by Crippen LogP contribution is -2.29. The molecule has 0 aliphatic heterocycles. The molecule has 2 N–H and O–H groups in total. The van der Waals surface area contributed by atoms with Crippen LogP contribution in [0.25, 0.3) is 0 Å². The van der Waals surface area contributed by atoms with Crippen LogP contribution in [-0.4, -0.2) is 39.4 Å². The van der Waals surface area contributed by atoms with Gasteiger partial charge in [-0.15, -0.1) is 0 Å². The van der Waals surface area contributed by atoms with Crippen molar-refractivity contribution in [2.75, 3.05) is 28.4 Å². The molecule has 0 bridgehead atoms. The number of aryl methyl sites for hydroxylation is 1. The first-order valence-corrected chi connectivity index (χ1v) is 11.9. The highest BCUT2D eigenvalue weighted by Gasteiger charge is 2.34. The molecule has 0 fully saturated rings. The molecule has 186 valence electrons. The summed E-state index contributed by atoms with van der Waals surface area (Å²) in [6, 6.07) is 20.7. The molecule has 0 radical (unpaired) electrons. The molecule has 3 rings (SSSR count). The van der Waals surface area contributed by atoms with Gasteiger partial charge in [0.05, 0.1) is 21.3 Å². The molecule has 1 amide bonds. The maximum absolute atomic E-state index is 12.3. The van der Waals surface area contributed by atoms with Gasteiger partial charge in [0.2, 0.25) is 5.91 Å². The predicted octanol–water partition coefficient (Wildman–Crippen LogP) is 4.85. The second-order valence-electron chi connectivity index (χ2n) is 8.43. The second-order valence-corrected chi connectivity index (χ2v) is 8.43. The highest BCUT2D eigenvalue weighted by Crippen LogP contribution is 2.39. The van der Waals surface area contributed by atoms with Crippen LogP contribution in [0.5, 0.6) is 17.2 Å². The first-order valence-electron chi connectivity index (χ1n) is 11.9. The molecule has 0 spiro atoms. The fourth-order valence-corrected chi connectivity index (χ4v) is 4.27. The summed E-state index contributed by atoms with van der Waals surface area (Å²) in [6.07, 6.45) is 4.00. The van der Waals surface area contributed by atoms with Crippen LogP contribution in [0.2, 0.25) is 0 Å². The van der Waals surface area contributed by atoms with Gasteiger partial charge in [-0.05, 0) is 77.9 Å². The van der Waals surface area contributed by atoms with E-state index in [9.17, 15) is 9.90 Å². The fraction of sp³-hybridized carbons (Fsp3) is 0.345. The van der Waals surface area contributed by atoms with Crippen molar-refractivity contribution in [1.82, 2.24) is 5.32 Å². The largest absolute Gasteiger partial charge is 0.497 e.